The van der Waals surface area contributed by atoms with Gasteiger partial charge in [0.05, 0.1) is 34.1 Å². The highest BCUT2D eigenvalue weighted by Crippen LogP contribution is 2.31. The second-order valence-electron chi connectivity index (χ2n) is 11.0. The molecule has 0 saturated carbocycles. The summed E-state index contributed by atoms with van der Waals surface area (Å²) in [6, 6.07) is 10.8. The van der Waals surface area contributed by atoms with Crippen molar-refractivity contribution >= 4 is 44.2 Å². The highest BCUT2D eigenvalue weighted by Gasteiger charge is 2.25. The molecule has 1 atom stereocenters. The van der Waals surface area contributed by atoms with Gasteiger partial charge in [0, 0.05) is 43.9 Å². The molecule has 1 heterocycles. The lowest BCUT2D eigenvalue weighted by molar-refractivity contribution is 0.0980. The molecule has 12 nitrogen and oxygen atoms in total. The van der Waals surface area contributed by atoms with E-state index in [1.165, 1.54) is 25.3 Å². The number of carbonyl (C=O) groups is 2. The molecular weight excluding hydrogens is 636 g/mol. The largest absolute Gasteiger partial charge is 0.445 e. The van der Waals surface area contributed by atoms with Gasteiger partial charge < -0.3 is 29.7 Å². The zero-order valence-corrected chi connectivity index (χ0v) is 27.5. The summed E-state index contributed by atoms with van der Waals surface area (Å²) >= 11 is 0. The van der Waals surface area contributed by atoms with Crippen LogP contribution in [0.3, 0.4) is 0 Å². The fraction of sp³-hybridized carbons (Fsp3) is 0.344. The second-order valence-corrected chi connectivity index (χ2v) is 13.0. The van der Waals surface area contributed by atoms with Gasteiger partial charge in [-0.15, -0.1) is 5.10 Å². The smallest absolute Gasteiger partial charge is 0.435 e. The van der Waals surface area contributed by atoms with Gasteiger partial charge in [-0.25, -0.2) is 22.0 Å². The first-order valence-corrected chi connectivity index (χ1v) is 16.1. The number of likely N-dealkylation sites (N-methyl/N-ethyl adjacent to an activating group) is 1. The number of fused-ring (bicyclic) bond motifs is 1. The van der Waals surface area contributed by atoms with E-state index in [0.717, 1.165) is 23.2 Å². The van der Waals surface area contributed by atoms with Gasteiger partial charge in [-0.2, -0.15) is 4.68 Å². The molecule has 0 aliphatic rings. The quantitative estimate of drug-likeness (QED) is 0.183. The summed E-state index contributed by atoms with van der Waals surface area (Å²) in [6.45, 7) is 3.08. The number of amides is 1. The van der Waals surface area contributed by atoms with E-state index in [-0.39, 0.29) is 46.4 Å². The van der Waals surface area contributed by atoms with Crippen molar-refractivity contribution in [3.63, 3.8) is 0 Å². The molecule has 4 rings (SSSR count). The van der Waals surface area contributed by atoms with Crippen molar-refractivity contribution in [1.82, 2.24) is 14.7 Å². The Balaban J connectivity index is 1.78. The fourth-order valence-electron chi connectivity index (χ4n) is 4.74. The van der Waals surface area contributed by atoms with E-state index >= 15 is 0 Å². The van der Waals surface area contributed by atoms with Crippen molar-refractivity contribution in [1.29, 1.82) is 0 Å². The van der Waals surface area contributed by atoms with E-state index < -0.39 is 38.4 Å². The van der Waals surface area contributed by atoms with Crippen LogP contribution < -0.4 is 10.6 Å². The molecule has 0 fully saturated rings. The number of carbonyl (C=O) groups excluding carboxylic acids is 2. The maximum atomic E-state index is 13.9. The third-order valence-corrected chi connectivity index (χ3v) is 8.75. The number of nitrogens with zero attached hydrogens (tertiary/aromatic N) is 3. The lowest BCUT2D eigenvalue weighted by Crippen LogP contribution is -2.24. The van der Waals surface area contributed by atoms with Crippen LogP contribution in [0, 0.1) is 11.6 Å². The Morgan fingerprint density at radius 1 is 0.957 bits per heavy atom. The first kappa shape index (κ1) is 35.4. The summed E-state index contributed by atoms with van der Waals surface area (Å²) in [5, 5.41) is 10.3. The molecular formula is C32H37F2N5O7S. The summed E-state index contributed by atoms with van der Waals surface area (Å²) in [6.07, 6.45) is -0.175. The molecule has 0 saturated heterocycles. The Morgan fingerprint density at radius 2 is 1.68 bits per heavy atom. The van der Waals surface area contributed by atoms with Crippen LogP contribution in [0.25, 0.3) is 10.9 Å². The molecule has 15 heteroatoms. The van der Waals surface area contributed by atoms with Crippen LogP contribution in [0.15, 0.2) is 64.4 Å². The van der Waals surface area contributed by atoms with Crippen LogP contribution in [-0.4, -0.2) is 95.8 Å². The predicted octanol–water partition coefficient (Wildman–Crippen LogP) is 4.58. The van der Waals surface area contributed by atoms with Crippen LogP contribution in [-0.2, 0) is 30.5 Å². The van der Waals surface area contributed by atoms with Gasteiger partial charge >= 0.3 is 6.09 Å². The van der Waals surface area contributed by atoms with Crippen LogP contribution in [0.1, 0.15) is 22.8 Å². The van der Waals surface area contributed by atoms with Crippen LogP contribution >= 0.6 is 0 Å². The molecule has 3 aromatic carbocycles. The maximum Gasteiger partial charge on any atom is 0.435 e. The molecule has 0 bridgehead atoms. The highest BCUT2D eigenvalue weighted by molar-refractivity contribution is 7.91. The molecule has 47 heavy (non-hydrogen) atoms. The van der Waals surface area contributed by atoms with E-state index in [4.69, 9.17) is 14.2 Å². The Bertz CT molecular complexity index is 1840. The number of aromatic nitrogens is 2. The first-order valence-electron chi connectivity index (χ1n) is 14.6. The van der Waals surface area contributed by atoms with Gasteiger partial charge in [-0.1, -0.05) is 6.07 Å². The zero-order valence-electron chi connectivity index (χ0n) is 26.7. The summed E-state index contributed by atoms with van der Waals surface area (Å²) in [5.74, 6) is -2.89. The Hall–Kier alpha value is -4.44. The molecule has 0 unspecified atom stereocenters. The number of anilines is 2. The normalized spacial score (nSPS) is 12.3. The predicted molar refractivity (Wildman–Crippen MR) is 172 cm³/mol. The van der Waals surface area contributed by atoms with Crippen molar-refractivity contribution in [2.45, 2.75) is 29.2 Å². The number of benzene rings is 3. The molecule has 1 aromatic heterocycles. The fourth-order valence-corrected chi connectivity index (χ4v) is 6.07. The number of ether oxygens (including phenoxy) is 3. The summed E-state index contributed by atoms with van der Waals surface area (Å²) in [7, 11) is 2.50. The first-order chi connectivity index (χ1) is 22.3. The van der Waals surface area contributed by atoms with Gasteiger partial charge in [0.2, 0.25) is 9.84 Å². The summed E-state index contributed by atoms with van der Waals surface area (Å²) in [5.41, 5.74) is 1.88. The minimum Gasteiger partial charge on any atom is -0.445 e. The van der Waals surface area contributed by atoms with E-state index in [1.807, 2.05) is 38.1 Å². The van der Waals surface area contributed by atoms with Crippen LogP contribution in [0.2, 0.25) is 0 Å². The van der Waals surface area contributed by atoms with E-state index in [1.54, 1.807) is 13.2 Å². The Morgan fingerprint density at radius 3 is 2.34 bits per heavy atom. The molecule has 2 N–H and O–H groups in total. The standard InChI is InChI=1S/C32H37F2N5O7S/c1-20(19-45-5)35-28-14-21(10-11-38(2)3)6-8-26(28)31(40)36-30-27-18-24(47(42,43)25-16-22(33)15-23(34)17-25)7-9-29(27)39(37-30)32(41)46-13-12-44-4/h6-9,14-18,20,35H,10-13,19H2,1-5H3,(H,36,37,40)/t20-/m0/s1. The SMILES string of the molecule is COCCOC(=O)n1nc(NC(=O)c2ccc(CCN(C)C)cc2N[C@@H](C)COC)c2cc(S(=O)(=O)c3cc(F)cc(F)c3)ccc21. The number of hydrogen-bond donors (Lipinski definition) is 2. The Labute approximate surface area is 271 Å². The number of methoxy groups -OCH3 is 2. The average molecular weight is 674 g/mol. The van der Waals surface area contributed by atoms with Gasteiger partial charge in [-0.05, 0) is 75.5 Å². The summed E-state index contributed by atoms with van der Waals surface area (Å²) in [4.78, 5) is 27.8. The Kier molecular flexibility index (Phi) is 11.6. The lowest BCUT2D eigenvalue weighted by Gasteiger charge is -2.19. The van der Waals surface area contributed by atoms with Gasteiger partial charge in [0.15, 0.2) is 5.82 Å². The minimum atomic E-state index is -4.43. The van der Waals surface area contributed by atoms with Gasteiger partial charge in [0.1, 0.15) is 18.2 Å². The van der Waals surface area contributed by atoms with Crippen molar-refractivity contribution < 1.29 is 41.0 Å². The summed E-state index contributed by atoms with van der Waals surface area (Å²) < 4.78 is 70.9. The third kappa shape index (κ3) is 8.68. The van der Waals surface area contributed by atoms with Gasteiger partial charge in [0.25, 0.3) is 5.91 Å². The molecule has 252 valence electrons. The number of rotatable bonds is 14. The molecule has 0 spiro atoms. The van der Waals surface area contributed by atoms with Crippen LogP contribution in [0.5, 0.6) is 0 Å². The van der Waals surface area contributed by atoms with Crippen molar-refractivity contribution in [3.8, 4) is 0 Å². The molecule has 0 aliphatic heterocycles. The van der Waals surface area contributed by atoms with E-state index in [0.29, 0.717) is 30.5 Å². The van der Waals surface area contributed by atoms with Crippen molar-refractivity contribution in [2.75, 3.05) is 65.3 Å². The topological polar surface area (TPSA) is 141 Å². The van der Waals surface area contributed by atoms with Gasteiger partial charge in [-0.3, -0.25) is 4.79 Å². The number of nitrogens with one attached hydrogen (secondary N) is 2. The number of halogens is 2. The van der Waals surface area contributed by atoms with Crippen molar-refractivity contribution in [3.05, 3.63) is 77.4 Å². The zero-order chi connectivity index (χ0) is 34.3. The lowest BCUT2D eigenvalue weighted by atomic mass is 10.0. The number of sulfone groups is 1. The average Bonchev–Trinajstić information content (AvgIpc) is 3.37. The molecule has 0 radical (unpaired) electrons. The minimum absolute atomic E-state index is 0.0601. The second kappa shape index (κ2) is 15.4. The molecule has 1 amide bonds. The van der Waals surface area contributed by atoms with Crippen LogP contribution in [0.4, 0.5) is 25.1 Å². The van der Waals surface area contributed by atoms with Crippen molar-refractivity contribution in [2.24, 2.45) is 0 Å². The highest BCUT2D eigenvalue weighted by atomic mass is 32.2. The maximum absolute atomic E-state index is 13.9. The van der Waals surface area contributed by atoms with E-state index in [2.05, 4.69) is 15.7 Å². The molecule has 4 aromatic rings. The third-order valence-electron chi connectivity index (χ3n) is 7.02. The monoisotopic (exact) mass is 673 g/mol. The van der Waals surface area contributed by atoms with E-state index in [9.17, 15) is 26.8 Å². The molecule has 0 aliphatic carbocycles. The number of hydrogen-bond acceptors (Lipinski definition) is 10.